The largest absolute Gasteiger partial charge is 0.480 e. The Kier molecular flexibility index (Phi) is 5.12. The summed E-state index contributed by atoms with van der Waals surface area (Å²) in [6.45, 7) is 3.42. The van der Waals surface area contributed by atoms with Crippen LogP contribution in [-0.4, -0.2) is 28.0 Å². The van der Waals surface area contributed by atoms with E-state index in [1.54, 1.807) is 0 Å². The topological polar surface area (TPSA) is 79.3 Å². The minimum atomic E-state index is -1.17. The van der Waals surface area contributed by atoms with Crippen LogP contribution in [0.5, 0.6) is 0 Å². The van der Waals surface area contributed by atoms with Crippen molar-refractivity contribution in [2.45, 2.75) is 12.5 Å². The van der Waals surface area contributed by atoms with E-state index in [0.29, 0.717) is 0 Å². The van der Waals surface area contributed by atoms with Crippen molar-refractivity contribution in [1.29, 1.82) is 0 Å². The lowest BCUT2D eigenvalue weighted by Gasteiger charge is -2.12. The summed E-state index contributed by atoms with van der Waals surface area (Å²) in [5, 5.41) is 11.4. The third-order valence-electron chi connectivity index (χ3n) is 2.03. The van der Waals surface area contributed by atoms with Crippen molar-refractivity contribution in [1.82, 2.24) is 10.3 Å². The van der Waals surface area contributed by atoms with E-state index in [9.17, 15) is 9.59 Å². The quantitative estimate of drug-likeness (QED) is 0.643. The summed E-state index contributed by atoms with van der Waals surface area (Å²) < 4.78 is 0. The van der Waals surface area contributed by atoms with Gasteiger partial charge in [0.05, 0.1) is 5.02 Å². The zero-order chi connectivity index (χ0) is 13.7. The Bertz CT molecular complexity index is 491. The second-order valence-electron chi connectivity index (χ2n) is 3.35. The second-order valence-corrected chi connectivity index (χ2v) is 4.15. The Labute approximate surface area is 113 Å². The van der Waals surface area contributed by atoms with Gasteiger partial charge < -0.3 is 10.4 Å². The molecule has 0 aliphatic rings. The standard InChI is InChI=1S/C11H10Cl2N2O3/c1-2-3-7(11(17)18)14-10(16)9-6(12)4-5-8(13)15-9/h2,4-5,7H,1,3H2,(H,14,16)(H,17,18). The van der Waals surface area contributed by atoms with Gasteiger partial charge in [0.2, 0.25) is 0 Å². The fraction of sp³-hybridized carbons (Fsp3) is 0.182. The lowest BCUT2D eigenvalue weighted by molar-refractivity contribution is -0.139. The summed E-state index contributed by atoms with van der Waals surface area (Å²) in [6, 6.07) is 1.76. The molecule has 7 heteroatoms. The molecule has 0 fully saturated rings. The van der Waals surface area contributed by atoms with Crippen molar-refractivity contribution >= 4 is 35.1 Å². The van der Waals surface area contributed by atoms with Crippen molar-refractivity contribution in [3.8, 4) is 0 Å². The molecule has 1 aromatic rings. The van der Waals surface area contributed by atoms with Crippen molar-refractivity contribution < 1.29 is 14.7 Å². The van der Waals surface area contributed by atoms with Crippen LogP contribution < -0.4 is 5.32 Å². The van der Waals surface area contributed by atoms with E-state index in [0.717, 1.165) is 0 Å². The van der Waals surface area contributed by atoms with E-state index >= 15 is 0 Å². The third-order valence-corrected chi connectivity index (χ3v) is 2.55. The molecule has 1 unspecified atom stereocenters. The minimum Gasteiger partial charge on any atom is -0.480 e. The van der Waals surface area contributed by atoms with Gasteiger partial charge in [0.15, 0.2) is 0 Å². The van der Waals surface area contributed by atoms with Crippen LogP contribution in [0.25, 0.3) is 0 Å². The predicted octanol–water partition coefficient (Wildman–Crippen LogP) is 2.15. The van der Waals surface area contributed by atoms with E-state index in [2.05, 4.69) is 16.9 Å². The number of carboxylic acid groups (broad SMARTS) is 1. The Morgan fingerprint density at radius 2 is 2.17 bits per heavy atom. The van der Waals surface area contributed by atoms with Crippen LogP contribution in [0.1, 0.15) is 16.9 Å². The minimum absolute atomic E-state index is 0.0965. The summed E-state index contributed by atoms with van der Waals surface area (Å²) in [5.74, 6) is -1.86. The third kappa shape index (κ3) is 3.72. The number of hydrogen-bond acceptors (Lipinski definition) is 3. The van der Waals surface area contributed by atoms with E-state index in [-0.39, 0.29) is 22.3 Å². The molecule has 5 nitrogen and oxygen atoms in total. The van der Waals surface area contributed by atoms with Crippen LogP contribution in [0, 0.1) is 0 Å². The Morgan fingerprint density at radius 3 is 2.72 bits per heavy atom. The first-order valence-corrected chi connectivity index (χ1v) is 5.68. The first kappa shape index (κ1) is 14.5. The molecule has 1 heterocycles. The molecule has 0 radical (unpaired) electrons. The number of amides is 1. The molecule has 0 aliphatic heterocycles. The summed E-state index contributed by atoms with van der Waals surface area (Å²) in [6.07, 6.45) is 1.49. The van der Waals surface area contributed by atoms with Crippen molar-refractivity contribution in [2.24, 2.45) is 0 Å². The molecule has 1 amide bonds. The maximum absolute atomic E-state index is 11.8. The van der Waals surface area contributed by atoms with Crippen LogP contribution >= 0.6 is 23.2 Å². The highest BCUT2D eigenvalue weighted by atomic mass is 35.5. The molecule has 0 saturated carbocycles. The van der Waals surface area contributed by atoms with E-state index < -0.39 is 17.9 Å². The molecule has 96 valence electrons. The molecule has 1 aromatic heterocycles. The van der Waals surface area contributed by atoms with Crippen molar-refractivity contribution in [3.63, 3.8) is 0 Å². The molecular weight excluding hydrogens is 279 g/mol. The number of aromatic nitrogens is 1. The number of rotatable bonds is 5. The van der Waals surface area contributed by atoms with E-state index in [1.807, 2.05) is 0 Å². The molecule has 2 N–H and O–H groups in total. The smallest absolute Gasteiger partial charge is 0.326 e. The average Bonchev–Trinajstić information content (AvgIpc) is 2.31. The molecule has 1 rings (SSSR count). The number of aliphatic carboxylic acids is 1. The molecule has 0 aromatic carbocycles. The first-order chi connectivity index (χ1) is 8.45. The molecule has 0 spiro atoms. The van der Waals surface area contributed by atoms with Gasteiger partial charge in [0.1, 0.15) is 16.9 Å². The SMILES string of the molecule is C=CCC(NC(=O)c1nc(Cl)ccc1Cl)C(=O)O. The molecular formula is C11H10Cl2N2O3. The van der Waals surface area contributed by atoms with Crippen LogP contribution in [0.15, 0.2) is 24.8 Å². The van der Waals surface area contributed by atoms with Gasteiger partial charge >= 0.3 is 5.97 Å². The maximum atomic E-state index is 11.8. The summed E-state index contributed by atoms with van der Waals surface area (Å²) >= 11 is 11.4. The van der Waals surface area contributed by atoms with Crippen LogP contribution in [0.3, 0.4) is 0 Å². The number of nitrogens with one attached hydrogen (secondary N) is 1. The number of halogens is 2. The van der Waals surface area contributed by atoms with Gasteiger partial charge in [-0.25, -0.2) is 9.78 Å². The number of carbonyl (C=O) groups excluding carboxylic acids is 1. The van der Waals surface area contributed by atoms with Crippen LogP contribution in [-0.2, 0) is 4.79 Å². The normalized spacial score (nSPS) is 11.7. The zero-order valence-electron chi connectivity index (χ0n) is 9.19. The average molecular weight is 289 g/mol. The van der Waals surface area contributed by atoms with Gasteiger partial charge in [0, 0.05) is 0 Å². The van der Waals surface area contributed by atoms with Gasteiger partial charge in [-0.2, -0.15) is 0 Å². The number of hydrogen-bond donors (Lipinski definition) is 2. The molecule has 0 saturated heterocycles. The fourth-order valence-corrected chi connectivity index (χ4v) is 1.53. The number of pyridine rings is 1. The number of nitrogens with zero attached hydrogens (tertiary/aromatic N) is 1. The fourth-order valence-electron chi connectivity index (χ4n) is 1.19. The highest BCUT2D eigenvalue weighted by Gasteiger charge is 2.21. The number of carbonyl (C=O) groups is 2. The van der Waals surface area contributed by atoms with Crippen molar-refractivity contribution in [3.05, 3.63) is 40.7 Å². The van der Waals surface area contributed by atoms with Crippen molar-refractivity contribution in [2.75, 3.05) is 0 Å². The molecule has 18 heavy (non-hydrogen) atoms. The zero-order valence-corrected chi connectivity index (χ0v) is 10.7. The highest BCUT2D eigenvalue weighted by molar-refractivity contribution is 6.34. The predicted molar refractivity (Wildman–Crippen MR) is 68.0 cm³/mol. The molecule has 1 atom stereocenters. The van der Waals surface area contributed by atoms with Gasteiger partial charge in [-0.1, -0.05) is 29.3 Å². The van der Waals surface area contributed by atoms with Gasteiger partial charge in [-0.15, -0.1) is 6.58 Å². The molecule has 0 aliphatic carbocycles. The van der Waals surface area contributed by atoms with E-state index in [1.165, 1.54) is 18.2 Å². The van der Waals surface area contributed by atoms with Crippen LogP contribution in [0.4, 0.5) is 0 Å². The van der Waals surface area contributed by atoms with Gasteiger partial charge in [0.25, 0.3) is 5.91 Å². The molecule has 0 bridgehead atoms. The monoisotopic (exact) mass is 288 g/mol. The van der Waals surface area contributed by atoms with E-state index in [4.69, 9.17) is 28.3 Å². The van der Waals surface area contributed by atoms with Crippen LogP contribution in [0.2, 0.25) is 10.2 Å². The summed E-state index contributed by atoms with van der Waals surface area (Å²) in [4.78, 5) is 26.4. The van der Waals surface area contributed by atoms with Gasteiger partial charge in [-0.3, -0.25) is 4.79 Å². The lowest BCUT2D eigenvalue weighted by Crippen LogP contribution is -2.40. The summed E-state index contributed by atoms with van der Waals surface area (Å²) in [7, 11) is 0. The van der Waals surface area contributed by atoms with Gasteiger partial charge in [-0.05, 0) is 18.6 Å². The number of carboxylic acids is 1. The maximum Gasteiger partial charge on any atom is 0.326 e. The Balaban J connectivity index is 2.89. The second kappa shape index (κ2) is 6.37. The lowest BCUT2D eigenvalue weighted by atomic mass is 10.2. The Hall–Kier alpha value is -1.59. The Morgan fingerprint density at radius 1 is 1.50 bits per heavy atom. The summed E-state index contributed by atoms with van der Waals surface area (Å²) in [5.41, 5.74) is -0.112. The first-order valence-electron chi connectivity index (χ1n) is 4.92. The highest BCUT2D eigenvalue weighted by Crippen LogP contribution is 2.16.